The molecule has 0 aliphatic heterocycles. The van der Waals surface area contributed by atoms with Crippen LogP contribution in [0.4, 0.5) is 14.5 Å². The molecule has 0 amide bonds. The van der Waals surface area contributed by atoms with Crippen LogP contribution in [0.25, 0.3) is 29.1 Å². The summed E-state index contributed by atoms with van der Waals surface area (Å²) in [6.45, 7) is 10.7. The van der Waals surface area contributed by atoms with E-state index in [0.717, 1.165) is 18.4 Å². The van der Waals surface area contributed by atoms with Gasteiger partial charge in [0.25, 0.3) is 0 Å². The van der Waals surface area contributed by atoms with E-state index in [0.29, 0.717) is 18.5 Å². The maximum absolute atomic E-state index is 15.2. The summed E-state index contributed by atoms with van der Waals surface area (Å²) in [4.78, 5) is 13.7. The van der Waals surface area contributed by atoms with E-state index in [9.17, 15) is 10.1 Å². The molecular formula is C27H22F2N4O+2. The van der Waals surface area contributed by atoms with Gasteiger partial charge in [0.2, 0.25) is 5.69 Å². The zero-order valence-electron chi connectivity index (χ0n) is 18.6. The molecule has 0 N–H and O–H groups in total. The molecule has 0 unspecified atom stereocenters. The van der Waals surface area contributed by atoms with Gasteiger partial charge in [0, 0.05) is 35.4 Å². The van der Waals surface area contributed by atoms with Gasteiger partial charge >= 0.3 is 0 Å². The highest BCUT2D eigenvalue weighted by atomic mass is 19.1. The Hall–Kier alpha value is -4.49. The molecule has 7 heteroatoms. The van der Waals surface area contributed by atoms with Gasteiger partial charge in [-0.2, -0.15) is 5.26 Å². The molecule has 0 bridgehead atoms. The first kappa shape index (κ1) is 24.2. The average Bonchev–Trinajstić information content (AvgIpc) is 2.87. The molecule has 3 aromatic rings. The molecule has 0 aliphatic carbocycles. The maximum atomic E-state index is 15.2. The van der Waals surface area contributed by atoms with Crippen LogP contribution >= 0.6 is 0 Å². The van der Waals surface area contributed by atoms with Crippen LogP contribution in [0.3, 0.4) is 0 Å². The highest BCUT2D eigenvalue weighted by Crippen LogP contribution is 2.34. The van der Waals surface area contributed by atoms with E-state index >= 15 is 8.78 Å². The van der Waals surface area contributed by atoms with Gasteiger partial charge in [-0.3, -0.25) is 0 Å². The Kier molecular flexibility index (Phi) is 8.10. The van der Waals surface area contributed by atoms with Gasteiger partial charge in [0.15, 0.2) is 31.3 Å². The number of hydrogen-bond acceptors (Lipinski definition) is 2. The molecule has 0 atom stereocenters. The molecule has 5 nitrogen and oxygen atoms in total. The topological polar surface area (TPSA) is 53.0 Å². The van der Waals surface area contributed by atoms with Gasteiger partial charge in [0.1, 0.15) is 30.5 Å². The second kappa shape index (κ2) is 11.4. The largest absolute Gasteiger partial charge is 0.303 e. The molecular weight excluding hydrogens is 434 g/mol. The number of halogens is 2. The Morgan fingerprint density at radius 3 is 2.00 bits per heavy atom. The number of nitriles is 1. The van der Waals surface area contributed by atoms with E-state index < -0.39 is 22.9 Å². The molecule has 34 heavy (non-hydrogen) atoms. The SMILES string of the molecule is [C-]#[N+]c1c(F)c(/C=C/c2cc[n+](CC)cc2)c(C#N)c(F)c1/C=C/c1cc[n+](CCC=O)cc1. The minimum absolute atomic E-state index is 0.258. The summed E-state index contributed by atoms with van der Waals surface area (Å²) in [6, 6.07) is 8.86. The second-order valence-electron chi connectivity index (χ2n) is 7.36. The smallest absolute Gasteiger partial charge is 0.232 e. The van der Waals surface area contributed by atoms with Gasteiger partial charge in [-0.15, -0.1) is 0 Å². The molecule has 0 aliphatic rings. The number of carbonyl (C=O) groups is 1. The quantitative estimate of drug-likeness (QED) is 0.275. The minimum atomic E-state index is -0.945. The fourth-order valence-corrected chi connectivity index (χ4v) is 3.32. The monoisotopic (exact) mass is 456 g/mol. The Bertz CT molecular complexity index is 1330. The Labute approximate surface area is 197 Å². The van der Waals surface area contributed by atoms with Crippen molar-refractivity contribution in [1.29, 1.82) is 5.26 Å². The number of benzene rings is 1. The van der Waals surface area contributed by atoms with Gasteiger partial charge in [-0.1, -0.05) is 24.3 Å². The summed E-state index contributed by atoms with van der Waals surface area (Å²) in [6.07, 6.45) is 14.2. The van der Waals surface area contributed by atoms with Crippen molar-refractivity contribution in [2.75, 3.05) is 0 Å². The van der Waals surface area contributed by atoms with Crippen molar-refractivity contribution in [3.8, 4) is 6.07 Å². The van der Waals surface area contributed by atoms with E-state index in [1.165, 1.54) is 12.2 Å². The predicted molar refractivity (Wildman–Crippen MR) is 125 cm³/mol. The van der Waals surface area contributed by atoms with E-state index in [4.69, 9.17) is 6.57 Å². The number of pyridine rings is 2. The molecule has 0 spiro atoms. The summed E-state index contributed by atoms with van der Waals surface area (Å²) < 4.78 is 34.2. The molecule has 0 saturated heterocycles. The number of hydrogen-bond donors (Lipinski definition) is 0. The Morgan fingerprint density at radius 2 is 1.50 bits per heavy atom. The Balaban J connectivity index is 1.98. The molecule has 2 heterocycles. The van der Waals surface area contributed by atoms with Crippen LogP contribution in [0.1, 0.15) is 41.2 Å². The summed E-state index contributed by atoms with van der Waals surface area (Å²) >= 11 is 0. The standard InChI is InChI=1S/C27H22F2N4O/c1-3-32-14-9-20(10-15-32)5-7-22-24(19-30)25(28)23(27(31-2)26(22)29)8-6-21-11-16-33(17-12-21)13-4-18-34/h5-12,14-18H,3-4,13H2,1H3/q+2/b7-5+,8-6+. The van der Waals surface area contributed by atoms with Crippen molar-refractivity contribution >= 4 is 36.3 Å². The fourth-order valence-electron chi connectivity index (χ4n) is 3.32. The first-order chi connectivity index (χ1) is 16.5. The van der Waals surface area contributed by atoms with Crippen LogP contribution in [0, 0.1) is 29.5 Å². The molecule has 1 aromatic carbocycles. The molecule has 0 radical (unpaired) electrons. The number of carbonyl (C=O) groups excluding carboxylic acids is 1. The van der Waals surface area contributed by atoms with E-state index in [1.54, 1.807) is 42.7 Å². The molecule has 0 fully saturated rings. The zero-order valence-corrected chi connectivity index (χ0v) is 18.6. The average molecular weight is 456 g/mol. The van der Waals surface area contributed by atoms with Crippen molar-refractivity contribution in [2.24, 2.45) is 0 Å². The second-order valence-corrected chi connectivity index (χ2v) is 7.36. The third-order valence-corrected chi connectivity index (χ3v) is 5.24. The summed E-state index contributed by atoms with van der Waals surface area (Å²) in [5.74, 6) is -1.89. The number of aryl methyl sites for hydroxylation is 2. The van der Waals surface area contributed by atoms with Gasteiger partial charge < -0.3 is 4.79 Å². The van der Waals surface area contributed by atoms with Gasteiger partial charge in [0.05, 0.1) is 18.6 Å². The summed E-state index contributed by atoms with van der Waals surface area (Å²) in [7, 11) is 0. The van der Waals surface area contributed by atoms with Crippen molar-refractivity contribution in [2.45, 2.75) is 26.4 Å². The predicted octanol–water partition coefficient (Wildman–Crippen LogP) is 4.91. The number of rotatable bonds is 8. The lowest BCUT2D eigenvalue weighted by Crippen LogP contribution is -2.32. The lowest BCUT2D eigenvalue weighted by Gasteiger charge is -2.09. The molecule has 0 saturated carbocycles. The van der Waals surface area contributed by atoms with Crippen molar-refractivity contribution in [1.82, 2.24) is 0 Å². The number of aromatic nitrogens is 2. The van der Waals surface area contributed by atoms with E-state index in [-0.39, 0.29) is 11.1 Å². The fraction of sp³-hybridized carbons (Fsp3) is 0.148. The van der Waals surface area contributed by atoms with Crippen LogP contribution in [-0.2, 0) is 17.9 Å². The highest BCUT2D eigenvalue weighted by Gasteiger charge is 2.22. The highest BCUT2D eigenvalue weighted by molar-refractivity contribution is 5.83. The number of aldehydes is 1. The maximum Gasteiger partial charge on any atom is 0.232 e. The van der Waals surface area contributed by atoms with Crippen molar-refractivity contribution < 1.29 is 22.7 Å². The Morgan fingerprint density at radius 1 is 0.941 bits per heavy atom. The van der Waals surface area contributed by atoms with Crippen LogP contribution in [0.2, 0.25) is 0 Å². The molecule has 3 rings (SSSR count). The third-order valence-electron chi connectivity index (χ3n) is 5.24. The first-order valence-corrected chi connectivity index (χ1v) is 10.6. The lowest BCUT2D eigenvalue weighted by molar-refractivity contribution is -0.695. The molecule has 2 aromatic heterocycles. The van der Waals surface area contributed by atoms with Crippen LogP contribution < -0.4 is 9.13 Å². The number of nitrogens with zero attached hydrogens (tertiary/aromatic N) is 4. The van der Waals surface area contributed by atoms with Gasteiger partial charge in [-0.05, 0) is 18.1 Å². The summed E-state index contributed by atoms with van der Waals surface area (Å²) in [5, 5.41) is 9.54. The van der Waals surface area contributed by atoms with Crippen molar-refractivity contribution in [3.63, 3.8) is 0 Å². The zero-order chi connectivity index (χ0) is 24.5. The van der Waals surface area contributed by atoms with Crippen LogP contribution in [0.5, 0.6) is 0 Å². The van der Waals surface area contributed by atoms with Crippen LogP contribution in [-0.4, -0.2) is 6.29 Å². The van der Waals surface area contributed by atoms with Crippen molar-refractivity contribution in [3.05, 3.63) is 99.9 Å². The minimum Gasteiger partial charge on any atom is -0.303 e. The summed E-state index contributed by atoms with van der Waals surface area (Å²) in [5.41, 5.74) is -0.0413. The normalized spacial score (nSPS) is 11.0. The van der Waals surface area contributed by atoms with Gasteiger partial charge in [-0.25, -0.2) is 22.8 Å². The van der Waals surface area contributed by atoms with E-state index in [2.05, 4.69) is 4.85 Å². The lowest BCUT2D eigenvalue weighted by atomic mass is 9.98. The first-order valence-electron chi connectivity index (χ1n) is 10.6. The third kappa shape index (κ3) is 5.46. The molecule has 168 valence electrons. The van der Waals surface area contributed by atoms with E-state index in [1.807, 2.05) is 40.6 Å². The van der Waals surface area contributed by atoms with Crippen LogP contribution in [0.15, 0.2) is 49.1 Å².